The van der Waals surface area contributed by atoms with Crippen LogP contribution in [0, 0.1) is 11.3 Å². The summed E-state index contributed by atoms with van der Waals surface area (Å²) in [4.78, 5) is 12.3. The van der Waals surface area contributed by atoms with Crippen LogP contribution in [0.5, 0.6) is 5.75 Å². The number of carbonyl (C=O) groups is 1. The number of benzene rings is 3. The molecule has 0 atom stereocenters. The number of hydrogen-bond acceptors (Lipinski definition) is 3. The first-order valence-electron chi connectivity index (χ1n) is 7.63. The molecule has 25 heavy (non-hydrogen) atoms. The molecule has 0 aliphatic carbocycles. The van der Waals surface area contributed by atoms with Crippen LogP contribution >= 0.6 is 0 Å². The Hall–Kier alpha value is -3.78. The maximum absolute atomic E-state index is 12.3. The van der Waals surface area contributed by atoms with Crippen LogP contribution in [0.1, 0.15) is 5.56 Å². The Morgan fingerprint density at radius 1 is 0.840 bits per heavy atom. The molecule has 0 saturated heterocycles. The van der Waals surface area contributed by atoms with E-state index in [0.717, 1.165) is 11.1 Å². The molecule has 5 nitrogen and oxygen atoms in total. The van der Waals surface area contributed by atoms with Crippen LogP contribution in [-0.4, -0.2) is 11.1 Å². The first kappa shape index (κ1) is 16.1. The van der Waals surface area contributed by atoms with E-state index in [9.17, 15) is 9.90 Å². The van der Waals surface area contributed by atoms with Crippen LogP contribution in [-0.2, 0) is 0 Å². The Labute approximate surface area is 145 Å². The average molecular weight is 329 g/mol. The van der Waals surface area contributed by atoms with Gasteiger partial charge in [-0.3, -0.25) is 0 Å². The Kier molecular flexibility index (Phi) is 4.63. The number of hydrogen-bond donors (Lipinski definition) is 3. The van der Waals surface area contributed by atoms with Crippen molar-refractivity contribution in [3.63, 3.8) is 0 Å². The number of nitrogens with zero attached hydrogens (tertiary/aromatic N) is 1. The lowest BCUT2D eigenvalue weighted by Gasteiger charge is -2.13. The number of amides is 2. The van der Waals surface area contributed by atoms with Gasteiger partial charge in [0, 0.05) is 5.56 Å². The summed E-state index contributed by atoms with van der Waals surface area (Å²) in [6, 6.07) is 23.1. The molecule has 5 heteroatoms. The van der Waals surface area contributed by atoms with Crippen molar-refractivity contribution in [3.8, 4) is 22.9 Å². The van der Waals surface area contributed by atoms with Gasteiger partial charge in [-0.05, 0) is 23.8 Å². The maximum Gasteiger partial charge on any atom is 0.323 e. The summed E-state index contributed by atoms with van der Waals surface area (Å²) in [5.74, 6) is -0.253. The van der Waals surface area contributed by atoms with Gasteiger partial charge in [-0.15, -0.1) is 0 Å². The highest BCUT2D eigenvalue weighted by atomic mass is 16.3. The van der Waals surface area contributed by atoms with Crippen molar-refractivity contribution < 1.29 is 9.90 Å². The fourth-order valence-electron chi connectivity index (χ4n) is 2.47. The summed E-state index contributed by atoms with van der Waals surface area (Å²) in [5.41, 5.74) is 2.78. The number of urea groups is 1. The minimum Gasteiger partial charge on any atom is -0.504 e. The lowest BCUT2D eigenvalue weighted by molar-refractivity contribution is 0.262. The number of nitriles is 1. The van der Waals surface area contributed by atoms with Gasteiger partial charge in [0.25, 0.3) is 0 Å². The second-order valence-electron chi connectivity index (χ2n) is 5.30. The molecule has 0 aliphatic rings. The molecule has 0 bridgehead atoms. The van der Waals surface area contributed by atoms with E-state index in [1.54, 1.807) is 12.1 Å². The van der Waals surface area contributed by atoms with Gasteiger partial charge in [-0.25, -0.2) is 4.79 Å². The van der Waals surface area contributed by atoms with Gasteiger partial charge in [-0.2, -0.15) is 5.26 Å². The van der Waals surface area contributed by atoms with E-state index >= 15 is 0 Å². The number of aromatic hydroxyl groups is 1. The van der Waals surface area contributed by atoms with Crippen LogP contribution in [0.15, 0.2) is 72.8 Å². The number of nitrogens with one attached hydrogen (secondary N) is 2. The summed E-state index contributed by atoms with van der Waals surface area (Å²) in [6.07, 6.45) is 0. The van der Waals surface area contributed by atoms with Crippen LogP contribution in [0.2, 0.25) is 0 Å². The van der Waals surface area contributed by atoms with Crippen molar-refractivity contribution in [2.45, 2.75) is 0 Å². The summed E-state index contributed by atoms with van der Waals surface area (Å²) in [7, 11) is 0. The third-order valence-corrected chi connectivity index (χ3v) is 3.66. The van der Waals surface area contributed by atoms with Gasteiger partial charge in [0.15, 0.2) is 5.75 Å². The highest BCUT2D eigenvalue weighted by Crippen LogP contribution is 2.29. The number of carbonyl (C=O) groups excluding carboxylic acids is 1. The molecule has 0 heterocycles. The Bertz CT molecular complexity index is 947. The van der Waals surface area contributed by atoms with Crippen molar-refractivity contribution in [2.75, 3.05) is 10.6 Å². The van der Waals surface area contributed by atoms with Crippen molar-refractivity contribution in [2.24, 2.45) is 0 Å². The van der Waals surface area contributed by atoms with Crippen molar-refractivity contribution in [3.05, 3.63) is 78.4 Å². The molecule has 0 aliphatic heterocycles. The van der Waals surface area contributed by atoms with Gasteiger partial charge in [0.05, 0.1) is 16.9 Å². The molecule has 0 fully saturated rings. The SMILES string of the molecule is N#Cc1cccc(NC(=O)Nc2ccccc2-c2ccccc2)c1O. The van der Waals surface area contributed by atoms with E-state index in [2.05, 4.69) is 10.6 Å². The molecule has 3 aromatic rings. The Morgan fingerprint density at radius 3 is 2.24 bits per heavy atom. The minimum absolute atomic E-state index is 0.0995. The van der Waals surface area contributed by atoms with E-state index in [0.29, 0.717) is 5.69 Å². The molecule has 122 valence electrons. The van der Waals surface area contributed by atoms with Gasteiger partial charge in [0.1, 0.15) is 6.07 Å². The molecule has 2 amide bonds. The van der Waals surface area contributed by atoms with E-state index in [4.69, 9.17) is 5.26 Å². The molecular weight excluding hydrogens is 314 g/mol. The zero-order chi connectivity index (χ0) is 17.6. The number of para-hydroxylation sites is 2. The number of anilines is 2. The van der Waals surface area contributed by atoms with E-state index in [1.807, 2.05) is 54.6 Å². The summed E-state index contributed by atoms with van der Waals surface area (Å²) >= 11 is 0. The first-order chi connectivity index (χ1) is 12.2. The minimum atomic E-state index is -0.506. The maximum atomic E-state index is 12.3. The predicted octanol–water partition coefficient (Wildman–Crippen LogP) is 4.57. The normalized spacial score (nSPS) is 9.88. The fraction of sp³-hybridized carbons (Fsp3) is 0. The molecule has 3 rings (SSSR count). The van der Waals surface area contributed by atoms with Crippen LogP contribution in [0.25, 0.3) is 11.1 Å². The molecular formula is C20H15N3O2. The molecule has 3 N–H and O–H groups in total. The van der Waals surface area contributed by atoms with Crippen LogP contribution in [0.4, 0.5) is 16.2 Å². The second-order valence-corrected chi connectivity index (χ2v) is 5.30. The van der Waals surface area contributed by atoms with Gasteiger partial charge >= 0.3 is 6.03 Å². The zero-order valence-corrected chi connectivity index (χ0v) is 13.2. The van der Waals surface area contributed by atoms with E-state index < -0.39 is 6.03 Å². The summed E-state index contributed by atoms with van der Waals surface area (Å²) in [6.45, 7) is 0. The topological polar surface area (TPSA) is 85.2 Å². The zero-order valence-electron chi connectivity index (χ0n) is 13.2. The lowest BCUT2D eigenvalue weighted by atomic mass is 10.0. The molecule has 0 saturated carbocycles. The predicted molar refractivity (Wildman–Crippen MR) is 97.3 cm³/mol. The van der Waals surface area contributed by atoms with Crippen molar-refractivity contribution in [1.29, 1.82) is 5.26 Å². The highest BCUT2D eigenvalue weighted by Gasteiger charge is 2.11. The average Bonchev–Trinajstić information content (AvgIpc) is 2.64. The fourth-order valence-corrected chi connectivity index (χ4v) is 2.47. The smallest absolute Gasteiger partial charge is 0.323 e. The third kappa shape index (κ3) is 3.59. The molecule has 0 aromatic heterocycles. The largest absolute Gasteiger partial charge is 0.504 e. The summed E-state index contributed by atoms with van der Waals surface area (Å²) in [5, 5.41) is 24.2. The van der Waals surface area contributed by atoms with Gasteiger partial charge in [-0.1, -0.05) is 54.6 Å². The molecule has 3 aromatic carbocycles. The molecule has 0 spiro atoms. The quantitative estimate of drug-likeness (QED) is 0.615. The standard InChI is InChI=1S/C20H15N3O2/c21-13-15-9-6-12-18(19(15)24)23-20(25)22-17-11-5-4-10-16(17)14-7-2-1-3-8-14/h1-12,24H,(H2,22,23,25). The summed E-state index contributed by atoms with van der Waals surface area (Å²) < 4.78 is 0. The third-order valence-electron chi connectivity index (χ3n) is 3.66. The molecule has 0 radical (unpaired) electrons. The van der Waals surface area contributed by atoms with Gasteiger partial charge in [0.2, 0.25) is 0 Å². The molecule has 0 unspecified atom stereocenters. The monoisotopic (exact) mass is 329 g/mol. The Balaban J connectivity index is 1.82. The number of rotatable bonds is 3. The lowest BCUT2D eigenvalue weighted by Crippen LogP contribution is -2.20. The Morgan fingerprint density at radius 2 is 1.48 bits per heavy atom. The van der Waals surface area contributed by atoms with E-state index in [-0.39, 0.29) is 17.0 Å². The van der Waals surface area contributed by atoms with Gasteiger partial charge < -0.3 is 15.7 Å². The number of phenols is 1. The second kappa shape index (κ2) is 7.20. The van der Waals surface area contributed by atoms with Crippen LogP contribution in [0.3, 0.4) is 0 Å². The van der Waals surface area contributed by atoms with Crippen molar-refractivity contribution >= 4 is 17.4 Å². The van der Waals surface area contributed by atoms with E-state index in [1.165, 1.54) is 12.1 Å². The number of phenolic OH excluding ortho intramolecular Hbond substituents is 1. The van der Waals surface area contributed by atoms with Crippen molar-refractivity contribution in [1.82, 2.24) is 0 Å². The van der Waals surface area contributed by atoms with Crippen LogP contribution < -0.4 is 10.6 Å². The highest BCUT2D eigenvalue weighted by molar-refractivity contribution is 6.03. The first-order valence-corrected chi connectivity index (χ1v) is 7.63.